The fourth-order valence-electron chi connectivity index (χ4n) is 4.83. The summed E-state index contributed by atoms with van der Waals surface area (Å²) >= 11 is 1.43. The van der Waals surface area contributed by atoms with Gasteiger partial charge in [0.25, 0.3) is 5.91 Å². The molecule has 0 saturated heterocycles. The molecular formula is C31H28F3N3O4S. The van der Waals surface area contributed by atoms with E-state index in [0.717, 1.165) is 30.5 Å². The molecule has 1 heterocycles. The van der Waals surface area contributed by atoms with Crippen molar-refractivity contribution in [3.63, 3.8) is 0 Å². The molecule has 3 aromatic carbocycles. The average Bonchev–Trinajstić information content (AvgIpc) is 3.45. The van der Waals surface area contributed by atoms with E-state index in [1.165, 1.54) is 41.0 Å². The Bertz CT molecular complexity index is 1550. The van der Waals surface area contributed by atoms with Crippen molar-refractivity contribution in [3.8, 4) is 17.0 Å². The van der Waals surface area contributed by atoms with Gasteiger partial charge in [-0.2, -0.15) is 0 Å². The van der Waals surface area contributed by atoms with Crippen LogP contribution >= 0.6 is 11.3 Å². The number of hydrogen-bond acceptors (Lipinski definition) is 6. The van der Waals surface area contributed by atoms with Crippen LogP contribution in [0.5, 0.6) is 5.75 Å². The second-order valence-electron chi connectivity index (χ2n) is 9.93. The number of rotatable bonds is 10. The third-order valence-electron chi connectivity index (χ3n) is 6.93. The van der Waals surface area contributed by atoms with E-state index in [9.17, 15) is 22.8 Å². The van der Waals surface area contributed by atoms with Gasteiger partial charge in [-0.25, -0.2) is 4.98 Å². The zero-order valence-electron chi connectivity index (χ0n) is 22.5. The normalized spacial score (nSPS) is 12.8. The van der Waals surface area contributed by atoms with Crippen molar-refractivity contribution in [2.24, 2.45) is 0 Å². The minimum absolute atomic E-state index is 0.0481. The molecule has 218 valence electrons. The van der Waals surface area contributed by atoms with Crippen LogP contribution in [0.15, 0.2) is 72.1 Å². The predicted octanol–water partition coefficient (Wildman–Crippen LogP) is 7.13. The van der Waals surface area contributed by atoms with Gasteiger partial charge in [0.2, 0.25) is 0 Å². The van der Waals surface area contributed by atoms with Crippen molar-refractivity contribution in [1.29, 1.82) is 0 Å². The van der Waals surface area contributed by atoms with Gasteiger partial charge in [-0.05, 0) is 90.9 Å². The van der Waals surface area contributed by atoms with E-state index in [1.807, 2.05) is 17.5 Å². The van der Waals surface area contributed by atoms with Gasteiger partial charge in [0.05, 0.1) is 18.7 Å². The molecule has 2 N–H and O–H groups in total. The van der Waals surface area contributed by atoms with Crippen molar-refractivity contribution < 1.29 is 32.6 Å². The summed E-state index contributed by atoms with van der Waals surface area (Å²) < 4.78 is 41.7. The number of thiazole rings is 1. The fourth-order valence-corrected chi connectivity index (χ4v) is 5.69. The van der Waals surface area contributed by atoms with Gasteiger partial charge in [0.1, 0.15) is 5.75 Å². The molecule has 1 amide bonds. The van der Waals surface area contributed by atoms with Crippen LogP contribution in [-0.2, 0) is 24.2 Å². The summed E-state index contributed by atoms with van der Waals surface area (Å²) in [7, 11) is 0. The summed E-state index contributed by atoms with van der Waals surface area (Å²) in [4.78, 5) is 30.0. The summed E-state index contributed by atoms with van der Waals surface area (Å²) in [5.41, 5.74) is 6.29. The number of halogens is 3. The number of aromatic nitrogens is 1. The Labute approximate surface area is 244 Å². The van der Waals surface area contributed by atoms with Gasteiger partial charge in [-0.3, -0.25) is 9.59 Å². The zero-order chi connectivity index (χ0) is 29.7. The number of ether oxygens (including phenoxy) is 1. The lowest BCUT2D eigenvalue weighted by Gasteiger charge is -2.25. The maximum atomic E-state index is 12.6. The average molecular weight is 596 g/mol. The summed E-state index contributed by atoms with van der Waals surface area (Å²) in [6.45, 7) is 0.511. The number of carbonyl (C=O) groups excluding carboxylic acids is 1. The Morgan fingerprint density at radius 1 is 0.976 bits per heavy atom. The second-order valence-corrected chi connectivity index (χ2v) is 10.8. The highest BCUT2D eigenvalue weighted by atomic mass is 32.1. The van der Waals surface area contributed by atoms with Crippen LogP contribution in [0.25, 0.3) is 11.3 Å². The van der Waals surface area contributed by atoms with Crippen molar-refractivity contribution in [1.82, 2.24) is 10.3 Å². The number of alkyl halides is 3. The highest BCUT2D eigenvalue weighted by molar-refractivity contribution is 7.14. The van der Waals surface area contributed by atoms with E-state index in [2.05, 4.69) is 33.2 Å². The SMILES string of the molecule is O=C(O)CCNC(=O)c1ccc(CN(c2ccc3c(c2)CCCC3)c2nc(-c3ccc(OC(F)(F)F)cc3)cs2)cc1. The molecule has 0 saturated carbocycles. The van der Waals surface area contributed by atoms with Crippen LogP contribution in [0.1, 0.15) is 46.3 Å². The van der Waals surface area contributed by atoms with Crippen LogP contribution in [-0.4, -0.2) is 34.9 Å². The molecule has 0 bridgehead atoms. The molecular weight excluding hydrogens is 567 g/mol. The molecule has 1 aliphatic carbocycles. The number of aliphatic carboxylic acids is 1. The summed E-state index contributed by atoms with van der Waals surface area (Å²) in [6, 6.07) is 19.2. The number of carbonyl (C=O) groups is 2. The Morgan fingerprint density at radius 2 is 1.69 bits per heavy atom. The quantitative estimate of drug-likeness (QED) is 0.203. The van der Waals surface area contributed by atoms with Crippen molar-refractivity contribution in [2.75, 3.05) is 11.4 Å². The molecule has 1 aromatic heterocycles. The van der Waals surface area contributed by atoms with E-state index in [-0.39, 0.29) is 24.6 Å². The molecule has 7 nitrogen and oxygen atoms in total. The molecule has 0 radical (unpaired) electrons. The standard InChI is InChI=1S/C31H28F3N3O4S/c32-31(33,34)41-26-13-10-22(11-14-26)27-19-42-30(36-27)37(25-12-9-21-3-1-2-4-24(21)17-25)18-20-5-7-23(8-6-20)29(40)35-16-15-28(38)39/h5-14,17,19H,1-4,15-16,18H2,(H,35,40)(H,38,39). The molecule has 1 aliphatic rings. The Morgan fingerprint density at radius 3 is 2.38 bits per heavy atom. The zero-order valence-corrected chi connectivity index (χ0v) is 23.3. The van der Waals surface area contributed by atoms with Crippen molar-refractivity contribution in [3.05, 3.63) is 94.4 Å². The smallest absolute Gasteiger partial charge is 0.481 e. The minimum Gasteiger partial charge on any atom is -0.481 e. The summed E-state index contributed by atoms with van der Waals surface area (Å²) in [5.74, 6) is -1.62. The summed E-state index contributed by atoms with van der Waals surface area (Å²) in [6.07, 6.45) is -0.524. The molecule has 42 heavy (non-hydrogen) atoms. The van der Waals surface area contributed by atoms with Gasteiger partial charge in [-0.1, -0.05) is 18.2 Å². The molecule has 0 atom stereocenters. The van der Waals surface area contributed by atoms with Crippen molar-refractivity contribution >= 4 is 34.0 Å². The molecule has 0 spiro atoms. The lowest BCUT2D eigenvalue weighted by Crippen LogP contribution is -2.26. The van der Waals surface area contributed by atoms with E-state index >= 15 is 0 Å². The topological polar surface area (TPSA) is 91.8 Å². The van der Waals surface area contributed by atoms with Crippen LogP contribution in [0.4, 0.5) is 24.0 Å². The van der Waals surface area contributed by atoms with Gasteiger partial charge in [-0.15, -0.1) is 24.5 Å². The molecule has 0 unspecified atom stereocenters. The number of amides is 1. The van der Waals surface area contributed by atoms with Crippen LogP contribution in [0.2, 0.25) is 0 Å². The minimum atomic E-state index is -4.76. The first-order valence-corrected chi connectivity index (χ1v) is 14.3. The van der Waals surface area contributed by atoms with Crippen LogP contribution in [0, 0.1) is 0 Å². The number of aryl methyl sites for hydroxylation is 2. The molecule has 4 aromatic rings. The Balaban J connectivity index is 1.39. The number of nitrogens with one attached hydrogen (secondary N) is 1. The van der Waals surface area contributed by atoms with Gasteiger partial charge in [0, 0.05) is 28.7 Å². The third-order valence-corrected chi connectivity index (χ3v) is 7.80. The van der Waals surface area contributed by atoms with E-state index in [1.54, 1.807) is 24.3 Å². The summed E-state index contributed by atoms with van der Waals surface area (Å²) in [5, 5.41) is 14.0. The van der Waals surface area contributed by atoms with Gasteiger partial charge in [0.15, 0.2) is 5.13 Å². The maximum absolute atomic E-state index is 12.6. The highest BCUT2D eigenvalue weighted by Crippen LogP contribution is 2.36. The first kappa shape index (κ1) is 29.1. The number of nitrogens with zero attached hydrogens (tertiary/aromatic N) is 2. The second kappa shape index (κ2) is 12.6. The van der Waals surface area contributed by atoms with Crippen LogP contribution < -0.4 is 15.0 Å². The van der Waals surface area contributed by atoms with Crippen molar-refractivity contribution in [2.45, 2.75) is 45.0 Å². The number of carboxylic acids is 1. The molecule has 11 heteroatoms. The number of benzene rings is 3. The van der Waals surface area contributed by atoms with Gasteiger partial charge < -0.3 is 20.1 Å². The maximum Gasteiger partial charge on any atom is 0.573 e. The number of carboxylic acid groups (broad SMARTS) is 1. The lowest BCUT2D eigenvalue weighted by molar-refractivity contribution is -0.274. The van der Waals surface area contributed by atoms with Crippen LogP contribution in [0.3, 0.4) is 0 Å². The van der Waals surface area contributed by atoms with Gasteiger partial charge >= 0.3 is 12.3 Å². The monoisotopic (exact) mass is 595 g/mol. The molecule has 0 aliphatic heterocycles. The van der Waals surface area contributed by atoms with E-state index < -0.39 is 12.3 Å². The highest BCUT2D eigenvalue weighted by Gasteiger charge is 2.31. The predicted molar refractivity (Wildman–Crippen MR) is 154 cm³/mol. The Kier molecular flexibility index (Phi) is 8.77. The molecule has 5 rings (SSSR count). The number of anilines is 2. The Hall–Kier alpha value is -4.38. The fraction of sp³-hybridized carbons (Fsp3) is 0.258. The number of fused-ring (bicyclic) bond motifs is 1. The largest absolute Gasteiger partial charge is 0.573 e. The first-order chi connectivity index (χ1) is 20.1. The number of hydrogen-bond donors (Lipinski definition) is 2. The molecule has 0 fully saturated rings. The lowest BCUT2D eigenvalue weighted by atomic mass is 9.91. The first-order valence-electron chi connectivity index (χ1n) is 13.4. The third kappa shape index (κ3) is 7.47. The van der Waals surface area contributed by atoms with E-state index in [0.29, 0.717) is 28.5 Å². The van der Waals surface area contributed by atoms with E-state index in [4.69, 9.17) is 10.1 Å².